The summed E-state index contributed by atoms with van der Waals surface area (Å²) >= 11 is 0. The van der Waals surface area contributed by atoms with E-state index in [9.17, 15) is 14.2 Å². The first-order valence-corrected chi connectivity index (χ1v) is 13.8. The Bertz CT molecular complexity index is 1110. The van der Waals surface area contributed by atoms with Crippen molar-refractivity contribution < 1.29 is 14.2 Å². The van der Waals surface area contributed by atoms with Crippen LogP contribution in [0.2, 0.25) is 0 Å². The van der Waals surface area contributed by atoms with Crippen LogP contribution in [0, 0.1) is 41.5 Å². The topological polar surface area (TPSA) is 51.2 Å². The summed E-state index contributed by atoms with van der Waals surface area (Å²) in [5.41, 5.74) is 4.84. The van der Waals surface area contributed by atoms with E-state index in [4.69, 9.17) is 0 Å². The zero-order valence-electron chi connectivity index (χ0n) is 18.9. The standard InChI is InChI=1S/C26H28O3P2/c1-16-12-18(3)23(19(4)13-16)25(27)31(29,30-22-10-8-7-9-11-22)26(28)24-20(5)14-17(2)15-21(24)6/h7-15,30H,1-6H3. The highest BCUT2D eigenvalue weighted by atomic mass is 32.1. The van der Waals surface area contributed by atoms with Crippen molar-refractivity contribution in [2.24, 2.45) is 0 Å². The summed E-state index contributed by atoms with van der Waals surface area (Å²) in [4.78, 5) is 27.7. The lowest BCUT2D eigenvalue weighted by Crippen LogP contribution is -2.14. The number of carbonyl (C=O) groups excluding carboxylic acids is 2. The molecular weight excluding hydrogens is 422 g/mol. The van der Waals surface area contributed by atoms with Crippen LogP contribution in [0.4, 0.5) is 0 Å². The van der Waals surface area contributed by atoms with Crippen molar-refractivity contribution in [3.05, 3.63) is 99.1 Å². The van der Waals surface area contributed by atoms with Crippen molar-refractivity contribution in [3.8, 4) is 0 Å². The monoisotopic (exact) mass is 450 g/mol. The number of carbonyl (C=O) groups is 2. The molecule has 0 aliphatic heterocycles. The van der Waals surface area contributed by atoms with Gasteiger partial charge in [-0.3, -0.25) is 9.59 Å². The van der Waals surface area contributed by atoms with E-state index in [0.29, 0.717) is 11.1 Å². The van der Waals surface area contributed by atoms with E-state index >= 15 is 0 Å². The molecule has 0 aliphatic rings. The Morgan fingerprint density at radius 2 is 1.00 bits per heavy atom. The molecule has 0 aliphatic carbocycles. The van der Waals surface area contributed by atoms with Crippen LogP contribution in [0.5, 0.6) is 0 Å². The zero-order valence-corrected chi connectivity index (χ0v) is 20.8. The van der Waals surface area contributed by atoms with Crippen molar-refractivity contribution in [2.75, 3.05) is 0 Å². The van der Waals surface area contributed by atoms with Gasteiger partial charge in [-0.05, 0) is 77.4 Å². The molecule has 31 heavy (non-hydrogen) atoms. The Labute approximate surface area is 186 Å². The van der Waals surface area contributed by atoms with Gasteiger partial charge < -0.3 is 4.57 Å². The van der Waals surface area contributed by atoms with Crippen LogP contribution < -0.4 is 5.30 Å². The Morgan fingerprint density at radius 3 is 1.35 bits per heavy atom. The first-order valence-electron chi connectivity index (χ1n) is 10.2. The molecule has 3 aromatic rings. The second-order valence-electron chi connectivity index (χ2n) is 8.24. The van der Waals surface area contributed by atoms with E-state index in [2.05, 4.69) is 0 Å². The molecule has 3 aromatic carbocycles. The molecule has 0 amide bonds. The maximum Gasteiger partial charge on any atom is 0.241 e. The molecule has 0 heterocycles. The summed E-state index contributed by atoms with van der Waals surface area (Å²) in [6.07, 6.45) is 0. The first kappa shape index (κ1) is 23.3. The molecule has 0 saturated heterocycles. The van der Waals surface area contributed by atoms with E-state index in [1.165, 1.54) is 0 Å². The van der Waals surface area contributed by atoms with Crippen molar-refractivity contribution in [3.63, 3.8) is 0 Å². The van der Waals surface area contributed by atoms with Gasteiger partial charge in [0.25, 0.3) is 0 Å². The average molecular weight is 450 g/mol. The third-order valence-electron chi connectivity index (χ3n) is 5.41. The molecule has 0 aromatic heterocycles. The van der Waals surface area contributed by atoms with Crippen LogP contribution in [-0.4, -0.2) is 11.0 Å². The number of benzene rings is 3. The zero-order chi connectivity index (χ0) is 22.9. The summed E-state index contributed by atoms with van der Waals surface area (Å²) < 4.78 is 14.5. The van der Waals surface area contributed by atoms with Gasteiger partial charge in [-0.25, -0.2) is 0 Å². The van der Waals surface area contributed by atoms with Crippen molar-refractivity contribution in [1.29, 1.82) is 0 Å². The lowest BCUT2D eigenvalue weighted by molar-refractivity contribution is 0.104. The van der Waals surface area contributed by atoms with Gasteiger partial charge >= 0.3 is 0 Å². The van der Waals surface area contributed by atoms with Gasteiger partial charge in [-0.1, -0.05) is 65.7 Å². The third-order valence-corrected chi connectivity index (χ3v) is 10.8. The largest absolute Gasteiger partial charge is 0.302 e. The van der Waals surface area contributed by atoms with Crippen molar-refractivity contribution >= 4 is 31.5 Å². The Morgan fingerprint density at radius 1 is 0.645 bits per heavy atom. The van der Waals surface area contributed by atoms with Crippen LogP contribution in [0.25, 0.3) is 0 Å². The van der Waals surface area contributed by atoms with Crippen LogP contribution >= 0.6 is 15.1 Å². The minimum Gasteiger partial charge on any atom is -0.302 e. The van der Waals surface area contributed by atoms with Gasteiger partial charge in [0.05, 0.1) is 0 Å². The molecule has 0 N–H and O–H groups in total. The lowest BCUT2D eigenvalue weighted by atomic mass is 10.0. The highest BCUT2D eigenvalue weighted by molar-refractivity contribution is 8.42. The maximum atomic E-state index is 14.5. The smallest absolute Gasteiger partial charge is 0.241 e. The fourth-order valence-electron chi connectivity index (χ4n) is 4.24. The molecule has 0 fully saturated rings. The first-order chi connectivity index (χ1) is 14.5. The summed E-state index contributed by atoms with van der Waals surface area (Å²) in [5.74, 6) is 0. The second kappa shape index (κ2) is 9.03. The normalized spacial score (nSPS) is 11.8. The Hall–Kier alpha value is -2.34. The van der Waals surface area contributed by atoms with E-state index in [1.54, 1.807) is 0 Å². The van der Waals surface area contributed by atoms with Crippen LogP contribution in [0.15, 0.2) is 54.6 Å². The molecule has 0 saturated carbocycles. The molecule has 0 radical (unpaired) electrons. The summed E-state index contributed by atoms with van der Waals surface area (Å²) in [6, 6.07) is 16.8. The Balaban J connectivity index is 2.23. The van der Waals surface area contributed by atoms with Gasteiger partial charge in [0, 0.05) is 11.1 Å². The number of hydrogen-bond acceptors (Lipinski definition) is 3. The van der Waals surface area contributed by atoms with Gasteiger partial charge in [0.1, 0.15) is 0 Å². The average Bonchev–Trinajstić information content (AvgIpc) is 2.66. The molecule has 160 valence electrons. The molecule has 0 bridgehead atoms. The fourth-order valence-corrected chi connectivity index (χ4v) is 9.48. The van der Waals surface area contributed by atoms with E-state index in [-0.39, 0.29) is 0 Å². The maximum absolute atomic E-state index is 14.5. The van der Waals surface area contributed by atoms with Crippen molar-refractivity contribution in [1.82, 2.24) is 0 Å². The van der Waals surface area contributed by atoms with Crippen LogP contribution in [0.3, 0.4) is 0 Å². The number of aryl methyl sites for hydroxylation is 6. The number of rotatable bonds is 6. The molecule has 5 heteroatoms. The van der Waals surface area contributed by atoms with Gasteiger partial charge in [0.15, 0.2) is 0 Å². The molecule has 3 rings (SSSR count). The minimum absolute atomic E-state index is 0.403. The van der Waals surface area contributed by atoms with E-state index in [1.807, 2.05) is 96.1 Å². The molecule has 3 nitrogen and oxygen atoms in total. The summed E-state index contributed by atoms with van der Waals surface area (Å²) in [5, 5.41) is 0.748. The van der Waals surface area contributed by atoms with E-state index in [0.717, 1.165) is 38.7 Å². The van der Waals surface area contributed by atoms with Gasteiger partial charge in [-0.2, -0.15) is 0 Å². The quantitative estimate of drug-likeness (QED) is 0.388. The van der Waals surface area contributed by atoms with Crippen molar-refractivity contribution in [2.45, 2.75) is 41.5 Å². The highest BCUT2D eigenvalue weighted by Crippen LogP contribution is 2.67. The van der Waals surface area contributed by atoms with Crippen LogP contribution in [0.1, 0.15) is 54.1 Å². The van der Waals surface area contributed by atoms with E-state index < -0.39 is 26.1 Å². The second-order valence-corrected chi connectivity index (χ2v) is 13.6. The third kappa shape index (κ3) is 4.64. The fraction of sp³-hybridized carbons (Fsp3) is 0.231. The predicted molar refractivity (Wildman–Crippen MR) is 132 cm³/mol. The van der Waals surface area contributed by atoms with Gasteiger partial charge in [-0.15, -0.1) is 0 Å². The van der Waals surface area contributed by atoms with Crippen LogP contribution in [-0.2, 0) is 4.57 Å². The predicted octanol–water partition coefficient (Wildman–Crippen LogP) is 6.80. The molecular formula is C26H28O3P2. The lowest BCUT2D eigenvalue weighted by Gasteiger charge is -2.21. The summed E-state index contributed by atoms with van der Waals surface area (Å²) in [6.45, 7) is 7.34. The number of hydrogen-bond donors (Lipinski definition) is 0. The SMILES string of the molecule is Cc1cc(C)c(C(=O)P(=O)(Pc2ccccc2)C(=O)c2c(C)cc(C)cc2C)c(C)c1. The highest BCUT2D eigenvalue weighted by Gasteiger charge is 2.43. The molecule has 0 spiro atoms. The molecule has 1 unspecified atom stereocenters. The summed E-state index contributed by atoms with van der Waals surface area (Å²) in [7, 11) is -0.403. The van der Waals surface area contributed by atoms with Gasteiger partial charge in [0.2, 0.25) is 17.9 Å². The minimum atomic E-state index is -3.96. The Kier molecular flexibility index (Phi) is 6.79. The molecule has 1 atom stereocenters.